The smallest absolute Gasteiger partial charge is 0.141 e. The van der Waals surface area contributed by atoms with Crippen molar-refractivity contribution in [2.75, 3.05) is 7.11 Å². The van der Waals surface area contributed by atoms with E-state index in [0.29, 0.717) is 17.1 Å². The molecule has 0 aliphatic heterocycles. The number of para-hydroxylation sites is 2. The van der Waals surface area contributed by atoms with Crippen LogP contribution in [0.5, 0.6) is 5.75 Å². The van der Waals surface area contributed by atoms with Gasteiger partial charge in [0.2, 0.25) is 0 Å². The van der Waals surface area contributed by atoms with Gasteiger partial charge in [0.05, 0.1) is 18.1 Å². The molecule has 0 amide bonds. The zero-order valence-corrected chi connectivity index (χ0v) is 12.9. The standard InChI is InChI=1S/C18H17N3O2/c1-10-9-14(23-2)15(11-7-8-19-16(10)11)17(22)18-20-12-5-3-4-6-13(12)21-18/h3-9,17,19,22H,1-2H3,(H,20,21). The van der Waals surface area contributed by atoms with Crippen LogP contribution >= 0.6 is 0 Å². The van der Waals surface area contributed by atoms with Crippen LogP contribution in [0.2, 0.25) is 0 Å². The minimum atomic E-state index is -0.892. The SMILES string of the molecule is COc1cc(C)c2[nH]ccc2c1C(O)c1nc2ccccc2[nH]1. The molecule has 1 unspecified atom stereocenters. The molecule has 0 saturated heterocycles. The number of aliphatic hydroxyl groups is 1. The number of aromatic nitrogens is 3. The summed E-state index contributed by atoms with van der Waals surface area (Å²) in [6.45, 7) is 2.01. The Bertz CT molecular complexity index is 967. The summed E-state index contributed by atoms with van der Waals surface area (Å²) in [4.78, 5) is 10.9. The van der Waals surface area contributed by atoms with Gasteiger partial charge in [-0.1, -0.05) is 12.1 Å². The molecule has 0 aliphatic carbocycles. The number of fused-ring (bicyclic) bond motifs is 2. The Morgan fingerprint density at radius 1 is 1.22 bits per heavy atom. The van der Waals surface area contributed by atoms with Crippen molar-refractivity contribution in [2.24, 2.45) is 0 Å². The van der Waals surface area contributed by atoms with Crippen LogP contribution < -0.4 is 4.74 Å². The number of hydrogen-bond acceptors (Lipinski definition) is 3. The van der Waals surface area contributed by atoms with Crippen molar-refractivity contribution >= 4 is 21.9 Å². The van der Waals surface area contributed by atoms with E-state index in [9.17, 15) is 5.11 Å². The number of aryl methyl sites for hydroxylation is 1. The molecule has 3 N–H and O–H groups in total. The van der Waals surface area contributed by atoms with Crippen molar-refractivity contribution in [3.63, 3.8) is 0 Å². The molecule has 4 aromatic rings. The number of hydrogen-bond donors (Lipinski definition) is 3. The molecule has 5 heteroatoms. The second-order valence-electron chi connectivity index (χ2n) is 5.62. The third-order valence-corrected chi connectivity index (χ3v) is 4.20. The normalized spacial score (nSPS) is 12.8. The molecule has 2 heterocycles. The fourth-order valence-corrected chi connectivity index (χ4v) is 3.09. The number of ether oxygens (including phenoxy) is 1. The number of benzene rings is 2. The summed E-state index contributed by atoms with van der Waals surface area (Å²) in [6, 6.07) is 11.6. The van der Waals surface area contributed by atoms with Crippen LogP contribution in [-0.4, -0.2) is 27.2 Å². The lowest BCUT2D eigenvalue weighted by molar-refractivity contribution is 0.208. The Kier molecular flexibility index (Phi) is 3.09. The number of imidazole rings is 1. The topological polar surface area (TPSA) is 73.9 Å². The summed E-state index contributed by atoms with van der Waals surface area (Å²) in [5.41, 5.74) is 4.52. The lowest BCUT2D eigenvalue weighted by Crippen LogP contribution is -2.05. The van der Waals surface area contributed by atoms with Crippen LogP contribution in [0.25, 0.3) is 21.9 Å². The molecule has 116 valence electrons. The van der Waals surface area contributed by atoms with Crippen molar-refractivity contribution in [2.45, 2.75) is 13.0 Å². The second kappa shape index (κ2) is 5.14. The molecule has 5 nitrogen and oxygen atoms in total. The van der Waals surface area contributed by atoms with Gasteiger partial charge in [0, 0.05) is 22.7 Å². The van der Waals surface area contributed by atoms with Crippen molar-refractivity contribution in [1.82, 2.24) is 15.0 Å². The maximum atomic E-state index is 10.9. The van der Waals surface area contributed by atoms with E-state index in [2.05, 4.69) is 15.0 Å². The largest absolute Gasteiger partial charge is 0.496 e. The Morgan fingerprint density at radius 3 is 2.83 bits per heavy atom. The molecular weight excluding hydrogens is 290 g/mol. The molecule has 0 spiro atoms. The van der Waals surface area contributed by atoms with E-state index in [1.54, 1.807) is 7.11 Å². The van der Waals surface area contributed by atoms with E-state index < -0.39 is 6.10 Å². The van der Waals surface area contributed by atoms with E-state index in [1.165, 1.54) is 0 Å². The number of methoxy groups -OCH3 is 1. The Morgan fingerprint density at radius 2 is 2.04 bits per heavy atom. The number of aliphatic hydroxyl groups excluding tert-OH is 1. The molecule has 0 bridgehead atoms. The highest BCUT2D eigenvalue weighted by Crippen LogP contribution is 2.37. The lowest BCUT2D eigenvalue weighted by Gasteiger charge is -2.15. The van der Waals surface area contributed by atoms with Gasteiger partial charge in [-0.3, -0.25) is 0 Å². The van der Waals surface area contributed by atoms with Gasteiger partial charge in [-0.2, -0.15) is 0 Å². The van der Waals surface area contributed by atoms with Crippen LogP contribution in [0.1, 0.15) is 23.1 Å². The minimum Gasteiger partial charge on any atom is -0.496 e. The molecule has 1 atom stereocenters. The predicted molar refractivity (Wildman–Crippen MR) is 89.7 cm³/mol. The number of aromatic amines is 2. The van der Waals surface area contributed by atoms with Crippen LogP contribution in [0.3, 0.4) is 0 Å². The molecule has 0 saturated carbocycles. The summed E-state index contributed by atoms with van der Waals surface area (Å²) in [6.07, 6.45) is 0.975. The van der Waals surface area contributed by atoms with Crippen molar-refractivity contribution in [1.29, 1.82) is 0 Å². The molecule has 23 heavy (non-hydrogen) atoms. The first-order valence-electron chi connectivity index (χ1n) is 7.46. The fourth-order valence-electron chi connectivity index (χ4n) is 3.09. The zero-order chi connectivity index (χ0) is 16.0. The van der Waals surface area contributed by atoms with Crippen molar-refractivity contribution in [3.05, 3.63) is 59.5 Å². The Labute approximate surface area is 132 Å². The number of nitrogens with one attached hydrogen (secondary N) is 2. The highest BCUT2D eigenvalue weighted by atomic mass is 16.5. The third kappa shape index (κ3) is 2.09. The molecule has 0 radical (unpaired) electrons. The summed E-state index contributed by atoms with van der Waals surface area (Å²) >= 11 is 0. The lowest BCUT2D eigenvalue weighted by atomic mass is 10.00. The molecule has 0 aliphatic rings. The average Bonchev–Trinajstić information content (AvgIpc) is 3.20. The average molecular weight is 307 g/mol. The summed E-state index contributed by atoms with van der Waals surface area (Å²) in [5.74, 6) is 1.17. The molecule has 4 rings (SSSR count). The first-order chi connectivity index (χ1) is 11.2. The first-order valence-corrected chi connectivity index (χ1v) is 7.46. The van der Waals surface area contributed by atoms with Gasteiger partial charge in [-0.25, -0.2) is 4.98 Å². The van der Waals surface area contributed by atoms with Crippen molar-refractivity contribution in [3.8, 4) is 5.75 Å². The summed E-state index contributed by atoms with van der Waals surface area (Å²) in [7, 11) is 1.61. The number of rotatable bonds is 3. The van der Waals surface area contributed by atoms with Gasteiger partial charge in [-0.15, -0.1) is 0 Å². The van der Waals surface area contributed by atoms with Crippen molar-refractivity contribution < 1.29 is 9.84 Å². The Hall–Kier alpha value is -2.79. The van der Waals surface area contributed by atoms with Crippen LogP contribution in [0.15, 0.2) is 42.6 Å². The third-order valence-electron chi connectivity index (χ3n) is 4.20. The van der Waals surface area contributed by atoms with E-state index >= 15 is 0 Å². The monoisotopic (exact) mass is 307 g/mol. The molecular formula is C18H17N3O2. The summed E-state index contributed by atoms with van der Waals surface area (Å²) < 4.78 is 5.50. The van der Waals surface area contributed by atoms with E-state index in [-0.39, 0.29) is 0 Å². The van der Waals surface area contributed by atoms with E-state index in [1.807, 2.05) is 49.5 Å². The van der Waals surface area contributed by atoms with E-state index in [0.717, 1.165) is 27.5 Å². The van der Waals surface area contributed by atoms with Gasteiger partial charge in [0.25, 0.3) is 0 Å². The second-order valence-corrected chi connectivity index (χ2v) is 5.62. The Balaban J connectivity index is 1.93. The zero-order valence-electron chi connectivity index (χ0n) is 12.9. The minimum absolute atomic E-state index is 0.510. The number of nitrogens with zero attached hydrogens (tertiary/aromatic N) is 1. The van der Waals surface area contributed by atoms with Crippen LogP contribution in [0, 0.1) is 6.92 Å². The highest BCUT2D eigenvalue weighted by Gasteiger charge is 2.23. The van der Waals surface area contributed by atoms with E-state index in [4.69, 9.17) is 4.74 Å². The van der Waals surface area contributed by atoms with Crippen LogP contribution in [0.4, 0.5) is 0 Å². The fraction of sp³-hybridized carbons (Fsp3) is 0.167. The molecule has 2 aromatic heterocycles. The quantitative estimate of drug-likeness (QED) is 0.543. The predicted octanol–water partition coefficient (Wildman–Crippen LogP) is 3.44. The molecule has 2 aromatic carbocycles. The van der Waals surface area contributed by atoms with Crippen LogP contribution in [-0.2, 0) is 0 Å². The molecule has 0 fully saturated rings. The maximum Gasteiger partial charge on any atom is 0.141 e. The first kappa shape index (κ1) is 13.8. The maximum absolute atomic E-state index is 10.9. The van der Waals surface area contributed by atoms with Gasteiger partial charge >= 0.3 is 0 Å². The van der Waals surface area contributed by atoms with Gasteiger partial charge < -0.3 is 19.8 Å². The highest BCUT2D eigenvalue weighted by molar-refractivity contribution is 5.89. The van der Waals surface area contributed by atoms with Gasteiger partial charge in [-0.05, 0) is 36.8 Å². The van der Waals surface area contributed by atoms with Gasteiger partial charge in [0.1, 0.15) is 17.7 Å². The number of H-pyrrole nitrogens is 2. The van der Waals surface area contributed by atoms with Gasteiger partial charge in [0.15, 0.2) is 0 Å². The summed E-state index contributed by atoms with van der Waals surface area (Å²) in [5, 5.41) is 11.9.